The lowest BCUT2D eigenvalue weighted by Crippen LogP contribution is -2.52. The first-order valence-corrected chi connectivity index (χ1v) is 11.2. The van der Waals surface area contributed by atoms with Gasteiger partial charge in [-0.15, -0.1) is 0 Å². The van der Waals surface area contributed by atoms with Gasteiger partial charge in [0.05, 0.1) is 17.0 Å². The third kappa shape index (κ3) is 3.17. The number of carbonyl (C=O) groups is 1. The van der Waals surface area contributed by atoms with Gasteiger partial charge in [-0.05, 0) is 69.7 Å². The van der Waals surface area contributed by atoms with E-state index in [0.29, 0.717) is 28.5 Å². The molecule has 166 valence electrons. The van der Waals surface area contributed by atoms with E-state index in [-0.39, 0.29) is 22.6 Å². The van der Waals surface area contributed by atoms with Crippen molar-refractivity contribution in [2.45, 2.75) is 51.6 Å². The van der Waals surface area contributed by atoms with Crippen LogP contribution in [0.15, 0.2) is 51.7 Å². The number of aryl methyl sites for hydroxylation is 1. The molecule has 1 aromatic heterocycles. The van der Waals surface area contributed by atoms with Crippen LogP contribution in [0.25, 0.3) is 11.0 Å². The maximum Gasteiger partial charge on any atom is 0.337 e. The zero-order chi connectivity index (χ0) is 22.6. The van der Waals surface area contributed by atoms with Gasteiger partial charge in [0.2, 0.25) is 0 Å². The molecule has 0 bridgehead atoms. The largest absolute Gasteiger partial charge is 0.478 e. The van der Waals surface area contributed by atoms with Gasteiger partial charge in [0, 0.05) is 29.4 Å². The Morgan fingerprint density at radius 1 is 1.25 bits per heavy atom. The van der Waals surface area contributed by atoms with Crippen molar-refractivity contribution in [3.63, 3.8) is 0 Å². The Morgan fingerprint density at radius 2 is 2.03 bits per heavy atom. The first-order valence-electron chi connectivity index (χ1n) is 11.2. The Balaban J connectivity index is 1.59. The molecule has 1 unspecified atom stereocenters. The number of rotatable bonds is 5. The van der Waals surface area contributed by atoms with E-state index in [4.69, 9.17) is 4.42 Å². The molecule has 2 N–H and O–H groups in total. The average Bonchev–Trinajstić information content (AvgIpc) is 2.97. The van der Waals surface area contributed by atoms with Gasteiger partial charge >= 0.3 is 5.97 Å². The van der Waals surface area contributed by atoms with Crippen molar-refractivity contribution < 1.29 is 14.3 Å². The second kappa shape index (κ2) is 7.40. The van der Waals surface area contributed by atoms with E-state index < -0.39 is 5.97 Å². The number of nitrogens with zero attached hydrogens (tertiary/aromatic N) is 1. The summed E-state index contributed by atoms with van der Waals surface area (Å²) in [6, 6.07) is 12.1. The summed E-state index contributed by atoms with van der Waals surface area (Å²) in [7, 11) is 0. The number of aromatic carboxylic acids is 1. The van der Waals surface area contributed by atoms with Crippen molar-refractivity contribution in [1.82, 2.24) is 0 Å². The van der Waals surface area contributed by atoms with Crippen LogP contribution >= 0.6 is 0 Å². The minimum atomic E-state index is -0.986. The maximum absolute atomic E-state index is 13.1. The lowest BCUT2D eigenvalue weighted by atomic mass is 9.68. The molecule has 1 saturated heterocycles. The molecule has 6 heteroatoms. The fraction of sp³-hybridized carbons (Fsp3) is 0.385. The Bertz CT molecular complexity index is 1280. The van der Waals surface area contributed by atoms with Crippen LogP contribution in [-0.2, 0) is 0 Å². The van der Waals surface area contributed by atoms with Crippen LogP contribution in [0.2, 0.25) is 0 Å². The van der Waals surface area contributed by atoms with Crippen molar-refractivity contribution in [3.05, 3.63) is 69.4 Å². The molecule has 1 saturated carbocycles. The molecule has 2 aromatic carbocycles. The van der Waals surface area contributed by atoms with Gasteiger partial charge in [0.1, 0.15) is 5.58 Å². The van der Waals surface area contributed by atoms with Gasteiger partial charge in [-0.2, -0.15) is 0 Å². The monoisotopic (exact) mass is 432 g/mol. The summed E-state index contributed by atoms with van der Waals surface area (Å²) in [6.07, 6.45) is 3.48. The minimum absolute atomic E-state index is 0.0456. The molecule has 5 rings (SSSR count). The Kier molecular flexibility index (Phi) is 4.77. The number of carboxylic acid groups (broad SMARTS) is 1. The number of nitrogens with one attached hydrogen (secondary N) is 1. The highest BCUT2D eigenvalue weighted by Gasteiger charge is 2.52. The Morgan fingerprint density at radius 3 is 2.72 bits per heavy atom. The van der Waals surface area contributed by atoms with Gasteiger partial charge in [-0.3, -0.25) is 4.79 Å². The zero-order valence-electron chi connectivity index (χ0n) is 18.6. The van der Waals surface area contributed by atoms with Gasteiger partial charge in [0.25, 0.3) is 0 Å². The number of para-hydroxylation sites is 1. The molecule has 1 aliphatic carbocycles. The van der Waals surface area contributed by atoms with E-state index >= 15 is 0 Å². The van der Waals surface area contributed by atoms with Crippen molar-refractivity contribution in [2.24, 2.45) is 5.92 Å². The van der Waals surface area contributed by atoms with Gasteiger partial charge < -0.3 is 19.7 Å². The third-order valence-electron chi connectivity index (χ3n) is 7.45. The highest BCUT2D eigenvalue weighted by molar-refractivity contribution is 5.94. The number of hydrogen-bond donors (Lipinski definition) is 2. The number of benzene rings is 2. The lowest BCUT2D eigenvalue weighted by Gasteiger charge is -2.47. The molecule has 0 spiro atoms. The standard InChI is InChI=1S/C26H28N2O4/c1-15-12-19(16(2)27-21-7-5-4-6-18(21)25(30)31)24-20(13-15)22(29)14-23(32-24)28-11-9-17-8-10-26(17,28)3/h4-7,12-14,16-17,27H,8-11H2,1-3H3,(H,30,31)/t16?,17-,26-/m1/s1. The summed E-state index contributed by atoms with van der Waals surface area (Å²) >= 11 is 0. The van der Waals surface area contributed by atoms with Crippen LogP contribution in [0.4, 0.5) is 11.6 Å². The summed E-state index contributed by atoms with van der Waals surface area (Å²) in [4.78, 5) is 27.0. The molecule has 2 fully saturated rings. The number of fused-ring (bicyclic) bond motifs is 2. The Hall–Kier alpha value is -3.28. The minimum Gasteiger partial charge on any atom is -0.478 e. The van der Waals surface area contributed by atoms with E-state index in [1.165, 1.54) is 6.42 Å². The highest BCUT2D eigenvalue weighted by Crippen LogP contribution is 2.51. The van der Waals surface area contributed by atoms with Crippen LogP contribution in [0.1, 0.15) is 60.6 Å². The molecule has 0 amide bonds. The van der Waals surface area contributed by atoms with Crippen LogP contribution in [0.3, 0.4) is 0 Å². The normalized spacial score (nSPS) is 23.0. The third-order valence-corrected chi connectivity index (χ3v) is 7.45. The number of hydrogen-bond acceptors (Lipinski definition) is 5. The quantitative estimate of drug-likeness (QED) is 0.565. The van der Waals surface area contributed by atoms with E-state index in [0.717, 1.165) is 30.5 Å². The second-order valence-electron chi connectivity index (χ2n) is 9.43. The van der Waals surface area contributed by atoms with E-state index in [1.54, 1.807) is 30.3 Å². The van der Waals surface area contributed by atoms with Gasteiger partial charge in [0.15, 0.2) is 11.3 Å². The van der Waals surface area contributed by atoms with E-state index in [9.17, 15) is 14.7 Å². The fourth-order valence-corrected chi connectivity index (χ4v) is 5.46. The van der Waals surface area contributed by atoms with Gasteiger partial charge in [-0.25, -0.2) is 4.79 Å². The van der Waals surface area contributed by atoms with Crippen molar-refractivity contribution in [3.8, 4) is 0 Å². The van der Waals surface area contributed by atoms with Crippen molar-refractivity contribution >= 4 is 28.5 Å². The van der Waals surface area contributed by atoms with Crippen LogP contribution in [0, 0.1) is 12.8 Å². The van der Waals surface area contributed by atoms with E-state index in [1.807, 2.05) is 26.0 Å². The van der Waals surface area contributed by atoms with Crippen molar-refractivity contribution in [2.75, 3.05) is 16.8 Å². The summed E-state index contributed by atoms with van der Waals surface area (Å²) in [5.41, 5.74) is 3.13. The van der Waals surface area contributed by atoms with Crippen LogP contribution in [-0.4, -0.2) is 23.2 Å². The van der Waals surface area contributed by atoms with E-state index in [2.05, 4.69) is 17.1 Å². The SMILES string of the molecule is Cc1cc(C(C)Nc2ccccc2C(=O)O)c2oc(N3CC[C@H]4CC[C@]43C)cc(=O)c2c1. The van der Waals surface area contributed by atoms with Crippen LogP contribution < -0.4 is 15.6 Å². The summed E-state index contributed by atoms with van der Waals surface area (Å²) < 4.78 is 6.44. The smallest absolute Gasteiger partial charge is 0.337 e. The lowest BCUT2D eigenvalue weighted by molar-refractivity contribution is 0.0698. The highest BCUT2D eigenvalue weighted by atomic mass is 16.4. The summed E-state index contributed by atoms with van der Waals surface area (Å²) in [6.45, 7) is 7.07. The molecular weight excluding hydrogens is 404 g/mol. The predicted octanol–water partition coefficient (Wildman–Crippen LogP) is 5.35. The number of carboxylic acids is 1. The zero-order valence-corrected chi connectivity index (χ0v) is 18.6. The predicted molar refractivity (Wildman–Crippen MR) is 126 cm³/mol. The first kappa shape index (κ1) is 20.6. The molecule has 3 atom stereocenters. The summed E-state index contributed by atoms with van der Waals surface area (Å²) in [5, 5.41) is 13.4. The molecule has 2 aliphatic rings. The molecule has 6 nitrogen and oxygen atoms in total. The molecule has 32 heavy (non-hydrogen) atoms. The topological polar surface area (TPSA) is 82.8 Å². The molecule has 0 radical (unpaired) electrons. The summed E-state index contributed by atoms with van der Waals surface area (Å²) in [5.74, 6) is 0.310. The number of anilines is 2. The average molecular weight is 433 g/mol. The fourth-order valence-electron chi connectivity index (χ4n) is 5.46. The second-order valence-corrected chi connectivity index (χ2v) is 9.43. The maximum atomic E-state index is 13.1. The van der Waals surface area contributed by atoms with Crippen molar-refractivity contribution in [1.29, 1.82) is 0 Å². The first-order chi connectivity index (χ1) is 15.3. The van der Waals surface area contributed by atoms with Crippen LogP contribution in [0.5, 0.6) is 0 Å². The Labute approximate surface area is 186 Å². The molecular formula is C26H28N2O4. The van der Waals surface area contributed by atoms with Gasteiger partial charge in [-0.1, -0.05) is 18.2 Å². The molecule has 3 aromatic rings. The molecule has 2 heterocycles. The molecule has 1 aliphatic heterocycles.